The molecule has 1 N–H and O–H groups in total. The molecular formula is C13H13BrN2O2. The minimum atomic E-state index is 0.0271. The second kappa shape index (κ2) is 5.93. The Bertz CT molecular complexity index is 529. The number of hydrogen-bond acceptors (Lipinski definition) is 4. The fourth-order valence-electron chi connectivity index (χ4n) is 1.44. The Labute approximate surface area is 114 Å². The molecule has 0 spiro atoms. The van der Waals surface area contributed by atoms with Crippen LogP contribution in [0.4, 0.5) is 0 Å². The molecule has 0 fully saturated rings. The lowest BCUT2D eigenvalue weighted by Crippen LogP contribution is -1.96. The third-order valence-electron chi connectivity index (χ3n) is 2.36. The summed E-state index contributed by atoms with van der Waals surface area (Å²) in [5.74, 6) is 1.91. The zero-order chi connectivity index (χ0) is 13.0. The van der Waals surface area contributed by atoms with Crippen molar-refractivity contribution in [3.05, 3.63) is 46.3 Å². The van der Waals surface area contributed by atoms with Gasteiger partial charge in [-0.15, -0.1) is 0 Å². The number of benzene rings is 1. The van der Waals surface area contributed by atoms with Crippen molar-refractivity contribution in [2.24, 2.45) is 0 Å². The van der Waals surface area contributed by atoms with Gasteiger partial charge in [0.1, 0.15) is 16.2 Å². The van der Waals surface area contributed by atoms with Crippen molar-refractivity contribution < 1.29 is 9.84 Å². The third-order valence-corrected chi connectivity index (χ3v) is 2.77. The zero-order valence-electron chi connectivity index (χ0n) is 9.93. The van der Waals surface area contributed by atoms with Crippen LogP contribution in [-0.4, -0.2) is 15.1 Å². The van der Waals surface area contributed by atoms with E-state index in [1.807, 2.05) is 19.1 Å². The van der Waals surface area contributed by atoms with Gasteiger partial charge in [-0.05, 0) is 33.6 Å². The first-order valence-corrected chi connectivity index (χ1v) is 6.41. The Morgan fingerprint density at radius 1 is 1.22 bits per heavy atom. The Morgan fingerprint density at radius 2 is 1.94 bits per heavy atom. The standard InChI is InChI=1S/C13H13BrN2O2/c1-2-12-15-11(14)7-13(16-12)18-10-5-3-9(8-17)4-6-10/h3-7,17H,2,8H2,1H3. The number of halogens is 1. The molecule has 0 bridgehead atoms. The molecule has 0 atom stereocenters. The molecule has 1 aromatic heterocycles. The molecule has 0 aliphatic carbocycles. The quantitative estimate of drug-likeness (QED) is 0.882. The monoisotopic (exact) mass is 308 g/mol. The summed E-state index contributed by atoms with van der Waals surface area (Å²) >= 11 is 3.33. The molecule has 0 unspecified atom stereocenters. The summed E-state index contributed by atoms with van der Waals surface area (Å²) in [5.41, 5.74) is 0.848. The van der Waals surface area contributed by atoms with Gasteiger partial charge in [0.2, 0.25) is 5.88 Å². The Kier molecular flexibility index (Phi) is 4.28. The fraction of sp³-hybridized carbons (Fsp3) is 0.231. The molecule has 0 saturated carbocycles. The highest BCUT2D eigenvalue weighted by molar-refractivity contribution is 9.10. The summed E-state index contributed by atoms with van der Waals surface area (Å²) in [4.78, 5) is 8.49. The number of aryl methyl sites for hydroxylation is 1. The van der Waals surface area contributed by atoms with Gasteiger partial charge in [0.05, 0.1) is 6.61 Å². The van der Waals surface area contributed by atoms with Gasteiger partial charge < -0.3 is 9.84 Å². The van der Waals surface area contributed by atoms with E-state index in [9.17, 15) is 0 Å². The molecule has 0 amide bonds. The third kappa shape index (κ3) is 3.27. The maximum absolute atomic E-state index is 8.96. The van der Waals surface area contributed by atoms with Crippen LogP contribution in [0.1, 0.15) is 18.3 Å². The van der Waals surface area contributed by atoms with Gasteiger partial charge in [0.15, 0.2) is 0 Å². The molecule has 2 aromatic rings. The summed E-state index contributed by atoms with van der Waals surface area (Å²) in [6.45, 7) is 2.01. The molecule has 94 valence electrons. The minimum absolute atomic E-state index is 0.0271. The van der Waals surface area contributed by atoms with Gasteiger partial charge in [-0.3, -0.25) is 0 Å². The van der Waals surface area contributed by atoms with E-state index in [1.165, 1.54) is 0 Å². The van der Waals surface area contributed by atoms with Crippen molar-refractivity contribution in [1.82, 2.24) is 9.97 Å². The predicted octanol–water partition coefficient (Wildman–Crippen LogP) is 3.09. The van der Waals surface area contributed by atoms with Crippen LogP contribution in [-0.2, 0) is 13.0 Å². The smallest absolute Gasteiger partial charge is 0.223 e. The van der Waals surface area contributed by atoms with Crippen LogP contribution in [0, 0.1) is 0 Å². The van der Waals surface area contributed by atoms with E-state index in [1.54, 1.807) is 18.2 Å². The van der Waals surface area contributed by atoms with Crippen molar-refractivity contribution in [3.63, 3.8) is 0 Å². The molecule has 0 saturated heterocycles. The van der Waals surface area contributed by atoms with Crippen molar-refractivity contribution in [3.8, 4) is 11.6 Å². The summed E-state index contributed by atoms with van der Waals surface area (Å²) in [6.07, 6.45) is 0.749. The molecular weight excluding hydrogens is 296 g/mol. The highest BCUT2D eigenvalue weighted by Crippen LogP contribution is 2.22. The Hall–Kier alpha value is -1.46. The second-order valence-electron chi connectivity index (χ2n) is 3.70. The molecule has 5 heteroatoms. The van der Waals surface area contributed by atoms with Crippen molar-refractivity contribution >= 4 is 15.9 Å². The SMILES string of the molecule is CCc1nc(Br)cc(Oc2ccc(CO)cc2)n1. The zero-order valence-corrected chi connectivity index (χ0v) is 11.5. The molecule has 0 aliphatic heterocycles. The molecule has 0 radical (unpaired) electrons. The van der Waals surface area contributed by atoms with Gasteiger partial charge in [-0.25, -0.2) is 4.98 Å². The average Bonchev–Trinajstić information content (AvgIpc) is 2.39. The van der Waals surface area contributed by atoms with E-state index < -0.39 is 0 Å². The van der Waals surface area contributed by atoms with Crippen LogP contribution >= 0.6 is 15.9 Å². The second-order valence-corrected chi connectivity index (χ2v) is 4.52. The van der Waals surface area contributed by atoms with E-state index in [0.29, 0.717) is 16.2 Å². The van der Waals surface area contributed by atoms with Gasteiger partial charge in [-0.2, -0.15) is 4.98 Å². The lowest BCUT2D eigenvalue weighted by Gasteiger charge is -2.06. The van der Waals surface area contributed by atoms with E-state index in [0.717, 1.165) is 17.8 Å². The van der Waals surface area contributed by atoms with Crippen LogP contribution in [0.3, 0.4) is 0 Å². The van der Waals surface area contributed by atoms with E-state index in [-0.39, 0.29) is 6.61 Å². The number of aliphatic hydroxyl groups excluding tert-OH is 1. The lowest BCUT2D eigenvalue weighted by molar-refractivity contribution is 0.281. The maximum Gasteiger partial charge on any atom is 0.223 e. The number of ether oxygens (including phenoxy) is 1. The number of rotatable bonds is 4. The molecule has 0 aliphatic rings. The van der Waals surface area contributed by atoms with Crippen LogP contribution in [0.2, 0.25) is 0 Å². The van der Waals surface area contributed by atoms with Gasteiger partial charge in [-0.1, -0.05) is 19.1 Å². The molecule has 18 heavy (non-hydrogen) atoms. The highest BCUT2D eigenvalue weighted by atomic mass is 79.9. The molecule has 4 nitrogen and oxygen atoms in total. The minimum Gasteiger partial charge on any atom is -0.439 e. The first kappa shape index (κ1) is 13.0. The fourth-order valence-corrected chi connectivity index (χ4v) is 1.84. The maximum atomic E-state index is 8.96. The van der Waals surface area contributed by atoms with E-state index in [4.69, 9.17) is 9.84 Å². The first-order chi connectivity index (χ1) is 8.71. The first-order valence-electron chi connectivity index (χ1n) is 5.62. The van der Waals surface area contributed by atoms with E-state index in [2.05, 4.69) is 25.9 Å². The topological polar surface area (TPSA) is 55.2 Å². The van der Waals surface area contributed by atoms with Gasteiger partial charge in [0, 0.05) is 12.5 Å². The number of nitrogens with zero attached hydrogens (tertiary/aromatic N) is 2. The largest absolute Gasteiger partial charge is 0.439 e. The summed E-state index contributed by atoms with van der Waals surface area (Å²) in [7, 11) is 0. The van der Waals surface area contributed by atoms with Crippen molar-refractivity contribution in [2.75, 3.05) is 0 Å². The predicted molar refractivity (Wildman–Crippen MR) is 71.5 cm³/mol. The highest BCUT2D eigenvalue weighted by Gasteiger charge is 2.04. The van der Waals surface area contributed by atoms with Crippen LogP contribution in [0.15, 0.2) is 34.9 Å². The number of hydrogen-bond donors (Lipinski definition) is 1. The summed E-state index contributed by atoms with van der Waals surface area (Å²) in [5, 5.41) is 8.96. The average molecular weight is 309 g/mol. The lowest BCUT2D eigenvalue weighted by atomic mass is 10.2. The number of aromatic nitrogens is 2. The molecule has 1 heterocycles. The van der Waals surface area contributed by atoms with Crippen molar-refractivity contribution in [1.29, 1.82) is 0 Å². The van der Waals surface area contributed by atoms with Gasteiger partial charge >= 0.3 is 0 Å². The molecule has 2 rings (SSSR count). The van der Waals surface area contributed by atoms with Crippen molar-refractivity contribution in [2.45, 2.75) is 20.0 Å². The summed E-state index contributed by atoms with van der Waals surface area (Å²) in [6, 6.07) is 8.94. The number of aliphatic hydroxyl groups is 1. The van der Waals surface area contributed by atoms with Crippen LogP contribution in [0.5, 0.6) is 11.6 Å². The van der Waals surface area contributed by atoms with Crippen LogP contribution in [0.25, 0.3) is 0 Å². The van der Waals surface area contributed by atoms with E-state index >= 15 is 0 Å². The Balaban J connectivity index is 2.19. The van der Waals surface area contributed by atoms with Gasteiger partial charge in [0.25, 0.3) is 0 Å². The van der Waals surface area contributed by atoms with Crippen LogP contribution < -0.4 is 4.74 Å². The normalized spacial score (nSPS) is 10.4. The summed E-state index contributed by atoms with van der Waals surface area (Å²) < 4.78 is 6.34. The molecule has 1 aromatic carbocycles. The Morgan fingerprint density at radius 3 is 2.56 bits per heavy atom.